The van der Waals surface area contributed by atoms with Crippen molar-refractivity contribution >= 4 is 33.2 Å². The zero-order chi connectivity index (χ0) is 16.1. The van der Waals surface area contributed by atoms with E-state index in [1.165, 1.54) is 18.3 Å². The number of H-pyrrole nitrogens is 1. The van der Waals surface area contributed by atoms with Gasteiger partial charge in [-0.25, -0.2) is 4.98 Å². The average molecular weight is 317 g/mol. The van der Waals surface area contributed by atoms with E-state index >= 15 is 0 Å². The molecule has 2 aromatic heterocycles. The number of ketones is 1. The summed E-state index contributed by atoms with van der Waals surface area (Å²) in [5.74, 6) is 0.921. The molecule has 22 heavy (non-hydrogen) atoms. The maximum absolute atomic E-state index is 10.9. The van der Waals surface area contributed by atoms with Crippen LogP contribution in [0, 0.1) is 0 Å². The lowest BCUT2D eigenvalue weighted by atomic mass is 10.3. The van der Waals surface area contributed by atoms with Gasteiger partial charge < -0.3 is 15.5 Å². The molecule has 0 aliphatic carbocycles. The number of nitrogen functional groups attached to an aromatic ring is 1. The first-order valence-electron chi connectivity index (χ1n) is 6.91. The fourth-order valence-corrected chi connectivity index (χ4v) is 2.43. The van der Waals surface area contributed by atoms with Crippen LogP contribution < -0.4 is 10.5 Å². The molecule has 6 heteroatoms. The molecule has 0 bridgehead atoms. The Morgan fingerprint density at radius 1 is 1.32 bits per heavy atom. The minimum Gasteiger partial charge on any atom is -0.491 e. The first-order chi connectivity index (χ1) is 10.5. The van der Waals surface area contributed by atoms with Crippen LogP contribution in [0.25, 0.3) is 10.3 Å². The minimum absolute atomic E-state index is 0.0511. The van der Waals surface area contributed by atoms with Crippen molar-refractivity contribution in [2.75, 3.05) is 5.73 Å². The van der Waals surface area contributed by atoms with Crippen molar-refractivity contribution in [2.45, 2.75) is 26.9 Å². The van der Waals surface area contributed by atoms with Gasteiger partial charge in [0, 0.05) is 12.6 Å². The number of nitrogens with one attached hydrogen (secondary N) is 1. The van der Waals surface area contributed by atoms with E-state index in [1.54, 1.807) is 5.51 Å². The largest absolute Gasteiger partial charge is 0.491 e. The van der Waals surface area contributed by atoms with Gasteiger partial charge in [0.1, 0.15) is 11.4 Å². The SMILES string of the molecule is CC(=O)c1cc2scnc2[nH]1.CC(C)Oc1ccc(N)cc1. The fourth-order valence-electron chi connectivity index (χ4n) is 1.75. The lowest BCUT2D eigenvalue weighted by molar-refractivity contribution is 0.101. The summed E-state index contributed by atoms with van der Waals surface area (Å²) >= 11 is 1.53. The molecule has 0 amide bonds. The number of thiazole rings is 1. The number of anilines is 1. The standard InChI is InChI=1S/C9H13NO.C7H6N2OS/c1-7(2)11-9-5-3-8(10)4-6-9;1-4(10)5-2-6-7(9-5)8-3-11-6/h3-7H,10H2,1-2H3;2-3,9H,1H3. The number of ether oxygens (including phenoxy) is 1. The van der Waals surface area contributed by atoms with Crippen molar-refractivity contribution in [3.63, 3.8) is 0 Å². The normalized spacial score (nSPS) is 10.4. The Labute approximate surface area is 133 Å². The number of benzene rings is 1. The number of Topliss-reactive ketones (excluding diaryl/α,β-unsaturated/α-hetero) is 1. The minimum atomic E-state index is 0.0511. The molecule has 0 aliphatic heterocycles. The monoisotopic (exact) mass is 317 g/mol. The lowest BCUT2D eigenvalue weighted by Crippen LogP contribution is -2.05. The van der Waals surface area contributed by atoms with Gasteiger partial charge in [-0.3, -0.25) is 4.79 Å². The topological polar surface area (TPSA) is 81.0 Å². The number of hydrogen-bond acceptors (Lipinski definition) is 5. The van der Waals surface area contributed by atoms with Gasteiger partial charge in [0.05, 0.1) is 22.0 Å². The van der Waals surface area contributed by atoms with Gasteiger partial charge in [-0.15, -0.1) is 11.3 Å². The van der Waals surface area contributed by atoms with Crippen molar-refractivity contribution in [1.82, 2.24) is 9.97 Å². The predicted octanol–water partition coefficient (Wildman–Crippen LogP) is 3.88. The van der Waals surface area contributed by atoms with Gasteiger partial charge in [0.2, 0.25) is 0 Å². The van der Waals surface area contributed by atoms with Crippen molar-refractivity contribution in [3.8, 4) is 5.75 Å². The van der Waals surface area contributed by atoms with Gasteiger partial charge >= 0.3 is 0 Å². The van der Waals surface area contributed by atoms with Crippen LogP contribution >= 0.6 is 11.3 Å². The Morgan fingerprint density at radius 2 is 2.00 bits per heavy atom. The molecule has 0 atom stereocenters. The summed E-state index contributed by atoms with van der Waals surface area (Å²) in [6.45, 7) is 5.53. The van der Waals surface area contributed by atoms with Crippen LogP contribution in [0.2, 0.25) is 0 Å². The summed E-state index contributed by atoms with van der Waals surface area (Å²) < 4.78 is 6.45. The van der Waals surface area contributed by atoms with Crippen LogP contribution in [0.1, 0.15) is 31.3 Å². The maximum atomic E-state index is 10.9. The number of carbonyl (C=O) groups is 1. The molecule has 0 radical (unpaired) electrons. The summed E-state index contributed by atoms with van der Waals surface area (Å²) in [4.78, 5) is 17.8. The Balaban J connectivity index is 0.000000160. The van der Waals surface area contributed by atoms with E-state index in [0.717, 1.165) is 21.8 Å². The third-order valence-corrected chi connectivity index (χ3v) is 3.53. The van der Waals surface area contributed by atoms with E-state index < -0.39 is 0 Å². The smallest absolute Gasteiger partial charge is 0.176 e. The van der Waals surface area contributed by atoms with Gasteiger partial charge in [0.25, 0.3) is 0 Å². The summed E-state index contributed by atoms with van der Waals surface area (Å²) in [6, 6.07) is 9.23. The second kappa shape index (κ2) is 7.09. The van der Waals surface area contributed by atoms with Crippen LogP contribution in [0.3, 0.4) is 0 Å². The molecule has 0 aliphatic rings. The second-order valence-electron chi connectivity index (χ2n) is 5.04. The molecule has 0 spiro atoms. The Morgan fingerprint density at radius 3 is 2.55 bits per heavy atom. The van der Waals surface area contributed by atoms with Gasteiger partial charge in [-0.1, -0.05) is 0 Å². The second-order valence-corrected chi connectivity index (χ2v) is 5.93. The molecule has 3 aromatic rings. The quantitative estimate of drug-likeness (QED) is 0.567. The molecule has 1 aromatic carbocycles. The molecule has 0 saturated carbocycles. The Bertz CT molecular complexity index is 716. The molecule has 3 rings (SSSR count). The fraction of sp³-hybridized carbons (Fsp3) is 0.250. The van der Waals surface area contributed by atoms with E-state index in [9.17, 15) is 4.79 Å². The summed E-state index contributed by atoms with van der Waals surface area (Å²) in [7, 11) is 0. The Hall–Kier alpha value is -2.34. The summed E-state index contributed by atoms with van der Waals surface area (Å²) in [5, 5.41) is 0. The number of rotatable bonds is 3. The zero-order valence-corrected chi connectivity index (χ0v) is 13.6. The summed E-state index contributed by atoms with van der Waals surface area (Å²) in [6.07, 6.45) is 0.221. The highest BCUT2D eigenvalue weighted by atomic mass is 32.1. The van der Waals surface area contributed by atoms with E-state index in [-0.39, 0.29) is 11.9 Å². The van der Waals surface area contributed by atoms with E-state index in [1.807, 2.05) is 44.2 Å². The van der Waals surface area contributed by atoms with Crippen LogP contribution in [0.15, 0.2) is 35.8 Å². The first kappa shape index (κ1) is 16.0. The molecule has 3 N–H and O–H groups in total. The third-order valence-electron chi connectivity index (χ3n) is 2.75. The number of hydrogen-bond donors (Lipinski definition) is 2. The lowest BCUT2D eigenvalue weighted by Gasteiger charge is -2.08. The van der Waals surface area contributed by atoms with Crippen molar-refractivity contribution in [2.24, 2.45) is 0 Å². The molecule has 5 nitrogen and oxygen atoms in total. The zero-order valence-electron chi connectivity index (χ0n) is 12.8. The number of carbonyl (C=O) groups excluding carboxylic acids is 1. The predicted molar refractivity (Wildman–Crippen MR) is 90.6 cm³/mol. The summed E-state index contributed by atoms with van der Waals surface area (Å²) in [5.41, 5.74) is 9.47. The highest BCUT2D eigenvalue weighted by Gasteiger charge is 2.05. The van der Waals surface area contributed by atoms with Crippen LogP contribution in [0.4, 0.5) is 5.69 Å². The number of nitrogens with zero attached hydrogens (tertiary/aromatic N) is 1. The number of aromatic nitrogens is 2. The van der Waals surface area contributed by atoms with Crippen molar-refractivity contribution in [3.05, 3.63) is 41.5 Å². The molecule has 2 heterocycles. The highest BCUT2D eigenvalue weighted by molar-refractivity contribution is 7.16. The van der Waals surface area contributed by atoms with Crippen LogP contribution in [-0.2, 0) is 0 Å². The van der Waals surface area contributed by atoms with Gasteiger partial charge in [-0.2, -0.15) is 0 Å². The highest BCUT2D eigenvalue weighted by Crippen LogP contribution is 2.18. The first-order valence-corrected chi connectivity index (χ1v) is 7.79. The average Bonchev–Trinajstić information content (AvgIpc) is 3.02. The molecular formula is C16H19N3O2S. The molecule has 0 saturated heterocycles. The van der Waals surface area contributed by atoms with E-state index in [2.05, 4.69) is 9.97 Å². The van der Waals surface area contributed by atoms with Crippen molar-refractivity contribution < 1.29 is 9.53 Å². The molecule has 116 valence electrons. The van der Waals surface area contributed by atoms with Gasteiger partial charge in [0.15, 0.2) is 5.78 Å². The third kappa shape index (κ3) is 4.33. The number of nitrogens with two attached hydrogens (primary N) is 1. The van der Waals surface area contributed by atoms with E-state index in [0.29, 0.717) is 5.69 Å². The molecule has 0 fully saturated rings. The number of aromatic amines is 1. The van der Waals surface area contributed by atoms with E-state index in [4.69, 9.17) is 10.5 Å². The Kier molecular flexibility index (Phi) is 5.16. The van der Waals surface area contributed by atoms with Crippen molar-refractivity contribution in [1.29, 1.82) is 0 Å². The maximum Gasteiger partial charge on any atom is 0.176 e. The van der Waals surface area contributed by atoms with Crippen LogP contribution in [-0.4, -0.2) is 21.9 Å². The van der Waals surface area contributed by atoms with Crippen LogP contribution in [0.5, 0.6) is 5.75 Å². The molecule has 0 unspecified atom stereocenters. The number of fused-ring (bicyclic) bond motifs is 1. The van der Waals surface area contributed by atoms with Gasteiger partial charge in [-0.05, 0) is 44.2 Å². The molecular weight excluding hydrogens is 298 g/mol.